The second-order valence-electron chi connectivity index (χ2n) is 7.98. The van der Waals surface area contributed by atoms with Crippen molar-refractivity contribution >= 4 is 40.8 Å². The maximum atomic E-state index is 12.7. The summed E-state index contributed by atoms with van der Waals surface area (Å²) in [4.78, 5) is 26.5. The first-order valence-electron chi connectivity index (χ1n) is 10.7. The Labute approximate surface area is 214 Å². The van der Waals surface area contributed by atoms with E-state index in [0.29, 0.717) is 11.5 Å². The molecule has 7 nitrogen and oxygen atoms in total. The highest BCUT2D eigenvalue weighted by Crippen LogP contribution is 2.41. The highest BCUT2D eigenvalue weighted by Gasteiger charge is 2.24. The maximum absolute atomic E-state index is 12.7. The van der Waals surface area contributed by atoms with Crippen LogP contribution >= 0.6 is 23.2 Å². The number of halogens is 2. The monoisotopic (exact) mass is 516 g/mol. The molecule has 1 amide bonds. The van der Waals surface area contributed by atoms with Crippen molar-refractivity contribution in [1.82, 2.24) is 5.32 Å². The highest BCUT2D eigenvalue weighted by molar-refractivity contribution is 6.39. The number of nitrogens with zero attached hydrogens (tertiary/aromatic N) is 1. The smallest absolute Gasteiger partial charge is 0.326 e. The number of amides is 1. The lowest BCUT2D eigenvalue weighted by Crippen LogP contribution is -2.42. The summed E-state index contributed by atoms with van der Waals surface area (Å²) in [5.41, 5.74) is 3.31. The standard InChI is InChI=1S/C26H26Cl2N2O5/c1-30(2)17-13-21(34-3)23(22(14-17)35-4)16-10-8-15(9-11-16)12-20(26(32)33)29-25(31)24-18(27)6-5-7-19(24)28/h5-11,13-14,20H,12H2,1-4H3,(H,29,31)(H,32,33). The van der Waals surface area contributed by atoms with Gasteiger partial charge in [0.05, 0.1) is 35.4 Å². The van der Waals surface area contributed by atoms with Crippen molar-refractivity contribution in [3.63, 3.8) is 0 Å². The molecule has 0 aliphatic rings. The van der Waals surface area contributed by atoms with Gasteiger partial charge in [0, 0.05) is 38.3 Å². The third-order valence-electron chi connectivity index (χ3n) is 5.48. The SMILES string of the molecule is COc1cc(N(C)C)cc(OC)c1-c1ccc(CC(NC(=O)c2c(Cl)cccc2Cl)C(=O)O)cc1. The summed E-state index contributed by atoms with van der Waals surface area (Å²) >= 11 is 12.2. The molecule has 0 aliphatic heterocycles. The molecule has 9 heteroatoms. The van der Waals surface area contributed by atoms with Crippen molar-refractivity contribution < 1.29 is 24.2 Å². The summed E-state index contributed by atoms with van der Waals surface area (Å²) < 4.78 is 11.2. The zero-order valence-corrected chi connectivity index (χ0v) is 21.3. The van der Waals surface area contributed by atoms with E-state index in [4.69, 9.17) is 32.7 Å². The van der Waals surface area contributed by atoms with Gasteiger partial charge in [0.25, 0.3) is 5.91 Å². The van der Waals surface area contributed by atoms with Gasteiger partial charge in [-0.25, -0.2) is 4.79 Å². The third kappa shape index (κ3) is 5.99. The Kier molecular flexibility index (Phi) is 8.48. The fraction of sp³-hybridized carbons (Fsp3) is 0.231. The van der Waals surface area contributed by atoms with E-state index in [0.717, 1.165) is 22.4 Å². The molecule has 1 atom stereocenters. The number of benzene rings is 3. The van der Waals surface area contributed by atoms with Crippen molar-refractivity contribution in [2.75, 3.05) is 33.2 Å². The molecule has 0 heterocycles. The molecule has 1 unspecified atom stereocenters. The molecule has 0 aliphatic carbocycles. The second kappa shape index (κ2) is 11.3. The number of carboxylic acid groups (broad SMARTS) is 1. The molecule has 3 aromatic rings. The zero-order valence-electron chi connectivity index (χ0n) is 19.8. The minimum absolute atomic E-state index is 0.0396. The van der Waals surface area contributed by atoms with Crippen LogP contribution in [0.3, 0.4) is 0 Å². The average Bonchev–Trinajstić information content (AvgIpc) is 2.83. The molecule has 0 bridgehead atoms. The summed E-state index contributed by atoms with van der Waals surface area (Å²) in [5.74, 6) is -0.533. The van der Waals surface area contributed by atoms with Gasteiger partial charge in [-0.1, -0.05) is 53.5 Å². The number of rotatable bonds is 9. The number of methoxy groups -OCH3 is 2. The Bertz CT molecular complexity index is 1180. The fourth-order valence-electron chi connectivity index (χ4n) is 3.63. The van der Waals surface area contributed by atoms with Crippen LogP contribution in [-0.2, 0) is 11.2 Å². The van der Waals surface area contributed by atoms with E-state index < -0.39 is 17.9 Å². The average molecular weight is 517 g/mol. The topological polar surface area (TPSA) is 88.1 Å². The fourth-order valence-corrected chi connectivity index (χ4v) is 4.20. The number of ether oxygens (including phenoxy) is 2. The van der Waals surface area contributed by atoms with Gasteiger partial charge in [0.2, 0.25) is 0 Å². The Balaban J connectivity index is 1.85. The number of nitrogens with one attached hydrogen (secondary N) is 1. The number of carbonyl (C=O) groups is 2. The van der Waals surface area contributed by atoms with Crippen LogP contribution in [0.2, 0.25) is 10.0 Å². The molecular weight excluding hydrogens is 491 g/mol. The number of carbonyl (C=O) groups excluding carboxylic acids is 1. The van der Waals surface area contributed by atoms with Gasteiger partial charge in [-0.3, -0.25) is 4.79 Å². The van der Waals surface area contributed by atoms with E-state index in [1.807, 2.05) is 43.3 Å². The normalized spacial score (nSPS) is 11.5. The highest BCUT2D eigenvalue weighted by atomic mass is 35.5. The quantitative estimate of drug-likeness (QED) is 0.407. The molecule has 2 N–H and O–H groups in total. The third-order valence-corrected chi connectivity index (χ3v) is 6.11. The van der Waals surface area contributed by atoms with Crippen molar-refractivity contribution in [2.24, 2.45) is 0 Å². The first-order valence-corrected chi connectivity index (χ1v) is 11.4. The van der Waals surface area contributed by atoms with Crippen LogP contribution in [0.1, 0.15) is 15.9 Å². The number of hydrogen-bond acceptors (Lipinski definition) is 5. The molecule has 3 aromatic carbocycles. The molecule has 0 aromatic heterocycles. The zero-order chi connectivity index (χ0) is 25.7. The number of hydrogen-bond donors (Lipinski definition) is 2. The molecule has 0 radical (unpaired) electrons. The van der Waals surface area contributed by atoms with Gasteiger partial charge in [0.1, 0.15) is 17.5 Å². The Morgan fingerprint density at radius 1 is 0.971 bits per heavy atom. The van der Waals surface area contributed by atoms with Crippen molar-refractivity contribution in [3.05, 3.63) is 75.8 Å². The molecular formula is C26H26Cl2N2O5. The van der Waals surface area contributed by atoms with Gasteiger partial charge in [-0.2, -0.15) is 0 Å². The second-order valence-corrected chi connectivity index (χ2v) is 8.80. The van der Waals surface area contributed by atoms with Crippen LogP contribution in [0.5, 0.6) is 11.5 Å². The van der Waals surface area contributed by atoms with Crippen LogP contribution in [0.4, 0.5) is 5.69 Å². The van der Waals surface area contributed by atoms with Crippen LogP contribution in [0, 0.1) is 0 Å². The Morgan fingerprint density at radius 2 is 1.51 bits per heavy atom. The Morgan fingerprint density at radius 3 is 1.97 bits per heavy atom. The summed E-state index contributed by atoms with van der Waals surface area (Å²) in [6.07, 6.45) is 0.0667. The van der Waals surface area contributed by atoms with Gasteiger partial charge < -0.3 is 24.8 Å². The van der Waals surface area contributed by atoms with Crippen LogP contribution < -0.4 is 19.7 Å². The first-order chi connectivity index (χ1) is 16.7. The van der Waals surface area contributed by atoms with E-state index >= 15 is 0 Å². The number of anilines is 1. The van der Waals surface area contributed by atoms with E-state index in [1.54, 1.807) is 32.4 Å². The lowest BCUT2D eigenvalue weighted by Gasteiger charge is -2.20. The van der Waals surface area contributed by atoms with Gasteiger partial charge in [-0.15, -0.1) is 0 Å². The first kappa shape index (κ1) is 26.2. The molecule has 3 rings (SSSR count). The lowest BCUT2D eigenvalue weighted by molar-refractivity contribution is -0.139. The van der Waals surface area contributed by atoms with Crippen LogP contribution in [0.15, 0.2) is 54.6 Å². The molecule has 0 fully saturated rings. The van der Waals surface area contributed by atoms with Gasteiger partial charge in [-0.05, 0) is 23.3 Å². The lowest BCUT2D eigenvalue weighted by atomic mass is 9.98. The molecule has 0 saturated heterocycles. The van der Waals surface area contributed by atoms with E-state index in [9.17, 15) is 14.7 Å². The predicted molar refractivity (Wildman–Crippen MR) is 138 cm³/mol. The maximum Gasteiger partial charge on any atom is 0.326 e. The van der Waals surface area contributed by atoms with E-state index in [1.165, 1.54) is 12.1 Å². The summed E-state index contributed by atoms with van der Waals surface area (Å²) in [6.45, 7) is 0. The molecule has 0 spiro atoms. The summed E-state index contributed by atoms with van der Waals surface area (Å²) in [7, 11) is 7.05. The minimum atomic E-state index is -1.18. The van der Waals surface area contributed by atoms with Crippen LogP contribution in [-0.4, -0.2) is 51.3 Å². The summed E-state index contributed by atoms with van der Waals surface area (Å²) in [5, 5.41) is 12.5. The molecule has 0 saturated carbocycles. The predicted octanol–water partition coefficient (Wildman–Crippen LogP) is 5.17. The summed E-state index contributed by atoms with van der Waals surface area (Å²) in [6, 6.07) is 14.6. The largest absolute Gasteiger partial charge is 0.496 e. The van der Waals surface area contributed by atoms with Crippen LogP contribution in [0.25, 0.3) is 11.1 Å². The molecule has 184 valence electrons. The van der Waals surface area contributed by atoms with Crippen molar-refractivity contribution in [2.45, 2.75) is 12.5 Å². The molecule has 35 heavy (non-hydrogen) atoms. The van der Waals surface area contributed by atoms with Gasteiger partial charge in [0.15, 0.2) is 0 Å². The number of carboxylic acids is 1. The number of aliphatic carboxylic acids is 1. The Hall–Kier alpha value is -3.42. The van der Waals surface area contributed by atoms with E-state index in [2.05, 4.69) is 5.32 Å². The van der Waals surface area contributed by atoms with Crippen molar-refractivity contribution in [1.29, 1.82) is 0 Å². The minimum Gasteiger partial charge on any atom is -0.496 e. The van der Waals surface area contributed by atoms with Crippen molar-refractivity contribution in [3.8, 4) is 22.6 Å². The van der Waals surface area contributed by atoms with E-state index in [-0.39, 0.29) is 22.0 Å². The van der Waals surface area contributed by atoms with Gasteiger partial charge >= 0.3 is 5.97 Å².